The zero-order valence-corrected chi connectivity index (χ0v) is 20.2. The number of anilines is 2. The van der Waals surface area contributed by atoms with Gasteiger partial charge in [0.2, 0.25) is 5.91 Å². The zero-order valence-electron chi connectivity index (χ0n) is 19.3. The molecule has 1 aliphatic heterocycles. The third kappa shape index (κ3) is 6.67. The van der Waals surface area contributed by atoms with Crippen LogP contribution in [0.25, 0.3) is 0 Å². The Kier molecular flexibility index (Phi) is 7.47. The van der Waals surface area contributed by atoms with Crippen molar-refractivity contribution in [3.05, 3.63) is 53.8 Å². The van der Waals surface area contributed by atoms with E-state index in [1.54, 1.807) is 6.07 Å². The summed E-state index contributed by atoms with van der Waals surface area (Å²) in [5.41, 5.74) is 0.0562. The number of carboxylic acid groups (broad SMARTS) is 1. The lowest BCUT2D eigenvalue weighted by molar-refractivity contribution is -0.123. The van der Waals surface area contributed by atoms with Crippen LogP contribution in [0.2, 0.25) is 0 Å². The number of nitrogens with zero attached hydrogens (tertiary/aromatic N) is 2. The SMILES string of the molecule is CC(C)(C)NC(=O)CN1CCN(c2ccc(NS(=O)(=O)c3ccc(F)cc3)c(C(=O)O)c2)CC1. The lowest BCUT2D eigenvalue weighted by Gasteiger charge is -2.36. The Hall–Kier alpha value is -3.18. The van der Waals surface area contributed by atoms with E-state index >= 15 is 0 Å². The molecule has 1 aliphatic rings. The number of hydrogen-bond acceptors (Lipinski definition) is 6. The van der Waals surface area contributed by atoms with Gasteiger partial charge in [-0.1, -0.05) is 0 Å². The second kappa shape index (κ2) is 9.98. The van der Waals surface area contributed by atoms with Crippen LogP contribution >= 0.6 is 0 Å². The number of benzene rings is 2. The van der Waals surface area contributed by atoms with Gasteiger partial charge in [0.15, 0.2) is 0 Å². The van der Waals surface area contributed by atoms with Gasteiger partial charge in [0.1, 0.15) is 5.82 Å². The molecule has 34 heavy (non-hydrogen) atoms. The standard InChI is InChI=1S/C23H29FN4O5S/c1-23(2,3)25-21(29)15-27-10-12-28(13-11-27)17-6-9-20(19(14-17)22(30)31)26-34(32,33)18-7-4-16(24)5-8-18/h4-9,14,26H,10-13,15H2,1-3H3,(H,25,29)(H,30,31). The first kappa shape index (κ1) is 25.4. The molecule has 3 N–H and O–H groups in total. The van der Waals surface area contributed by atoms with Gasteiger partial charge in [0, 0.05) is 37.4 Å². The number of piperazine rings is 1. The van der Waals surface area contributed by atoms with Crippen molar-refractivity contribution in [1.82, 2.24) is 10.2 Å². The van der Waals surface area contributed by atoms with E-state index in [1.807, 2.05) is 30.6 Å². The van der Waals surface area contributed by atoms with Crippen LogP contribution in [-0.2, 0) is 14.8 Å². The van der Waals surface area contributed by atoms with E-state index in [0.717, 1.165) is 24.3 Å². The van der Waals surface area contributed by atoms with E-state index in [4.69, 9.17) is 0 Å². The molecule has 1 saturated heterocycles. The maximum Gasteiger partial charge on any atom is 0.337 e. The molecule has 9 nitrogen and oxygen atoms in total. The molecule has 0 unspecified atom stereocenters. The average Bonchev–Trinajstić information content (AvgIpc) is 2.73. The summed E-state index contributed by atoms with van der Waals surface area (Å²) in [6.07, 6.45) is 0. The van der Waals surface area contributed by atoms with Crippen molar-refractivity contribution in [2.24, 2.45) is 0 Å². The van der Waals surface area contributed by atoms with E-state index in [2.05, 4.69) is 10.0 Å². The first-order chi connectivity index (χ1) is 15.8. The van der Waals surface area contributed by atoms with Crippen molar-refractivity contribution in [1.29, 1.82) is 0 Å². The number of carboxylic acids is 1. The third-order valence-corrected chi connectivity index (χ3v) is 6.60. The molecule has 1 fully saturated rings. The summed E-state index contributed by atoms with van der Waals surface area (Å²) in [5, 5.41) is 12.6. The molecule has 1 amide bonds. The molecule has 0 aliphatic carbocycles. The molecule has 2 aromatic rings. The Morgan fingerprint density at radius 3 is 2.21 bits per heavy atom. The molecule has 0 atom stereocenters. The van der Waals surface area contributed by atoms with Gasteiger partial charge in [-0.05, 0) is 63.2 Å². The normalized spacial score (nSPS) is 15.1. The van der Waals surface area contributed by atoms with E-state index < -0.39 is 21.8 Å². The number of aromatic carboxylic acids is 1. The minimum atomic E-state index is -4.09. The van der Waals surface area contributed by atoms with Crippen LogP contribution in [0, 0.1) is 5.82 Å². The highest BCUT2D eigenvalue weighted by atomic mass is 32.2. The summed E-state index contributed by atoms with van der Waals surface area (Å²) in [5.74, 6) is -1.91. The van der Waals surface area contributed by atoms with Crippen LogP contribution in [-0.4, -0.2) is 68.6 Å². The lowest BCUT2D eigenvalue weighted by atomic mass is 10.1. The van der Waals surface area contributed by atoms with Crippen molar-refractivity contribution in [2.45, 2.75) is 31.2 Å². The number of sulfonamides is 1. The number of carbonyl (C=O) groups excluding carboxylic acids is 1. The van der Waals surface area contributed by atoms with Gasteiger partial charge in [0.25, 0.3) is 10.0 Å². The summed E-state index contributed by atoms with van der Waals surface area (Å²) >= 11 is 0. The molecule has 0 saturated carbocycles. The van der Waals surface area contributed by atoms with Crippen molar-refractivity contribution in [3.63, 3.8) is 0 Å². The fourth-order valence-corrected chi connectivity index (χ4v) is 4.72. The second-order valence-corrected chi connectivity index (χ2v) is 10.8. The number of halogens is 1. The molecule has 0 aromatic heterocycles. The Morgan fingerprint density at radius 2 is 1.65 bits per heavy atom. The molecule has 3 rings (SSSR count). The highest BCUT2D eigenvalue weighted by molar-refractivity contribution is 7.92. The number of amides is 1. The van der Waals surface area contributed by atoms with Crippen molar-refractivity contribution in [2.75, 3.05) is 42.3 Å². The van der Waals surface area contributed by atoms with Gasteiger partial charge in [-0.25, -0.2) is 17.6 Å². The quantitative estimate of drug-likeness (QED) is 0.543. The maximum absolute atomic E-state index is 13.1. The predicted molar refractivity (Wildman–Crippen MR) is 127 cm³/mol. The largest absolute Gasteiger partial charge is 0.478 e. The van der Waals surface area contributed by atoms with Gasteiger partial charge in [-0.3, -0.25) is 14.4 Å². The first-order valence-corrected chi connectivity index (χ1v) is 12.3. The van der Waals surface area contributed by atoms with Crippen molar-refractivity contribution < 1.29 is 27.5 Å². The van der Waals surface area contributed by atoms with Gasteiger partial charge in [-0.15, -0.1) is 0 Å². The third-order valence-electron chi connectivity index (χ3n) is 5.22. The molecule has 0 bridgehead atoms. The van der Waals surface area contributed by atoms with Crippen LogP contribution in [0.3, 0.4) is 0 Å². The lowest BCUT2D eigenvalue weighted by Crippen LogP contribution is -2.51. The van der Waals surface area contributed by atoms with Gasteiger partial charge in [-0.2, -0.15) is 0 Å². The molecule has 2 aromatic carbocycles. The zero-order chi connectivity index (χ0) is 25.1. The molecule has 184 valence electrons. The summed E-state index contributed by atoms with van der Waals surface area (Å²) in [6.45, 7) is 8.48. The van der Waals surface area contributed by atoms with E-state index in [0.29, 0.717) is 31.9 Å². The number of hydrogen-bond donors (Lipinski definition) is 3. The highest BCUT2D eigenvalue weighted by Gasteiger charge is 2.24. The molecular weight excluding hydrogens is 463 g/mol. The van der Waals surface area contributed by atoms with E-state index in [9.17, 15) is 27.5 Å². The monoisotopic (exact) mass is 492 g/mol. The van der Waals surface area contributed by atoms with E-state index in [1.165, 1.54) is 12.1 Å². The number of nitrogens with one attached hydrogen (secondary N) is 2. The minimum Gasteiger partial charge on any atom is -0.478 e. The fraction of sp³-hybridized carbons (Fsp3) is 0.391. The summed E-state index contributed by atoms with van der Waals surface area (Å²) in [6, 6.07) is 8.72. The molecule has 1 heterocycles. The first-order valence-electron chi connectivity index (χ1n) is 10.8. The highest BCUT2D eigenvalue weighted by Crippen LogP contribution is 2.27. The van der Waals surface area contributed by atoms with Gasteiger partial charge >= 0.3 is 5.97 Å². The number of carbonyl (C=O) groups is 2. The summed E-state index contributed by atoms with van der Waals surface area (Å²) in [4.78, 5) is 27.9. The van der Waals surface area contributed by atoms with Crippen LogP contribution < -0.4 is 14.9 Å². The Bertz CT molecular complexity index is 1150. The average molecular weight is 493 g/mol. The van der Waals surface area contributed by atoms with Crippen molar-refractivity contribution in [3.8, 4) is 0 Å². The molecule has 0 spiro atoms. The van der Waals surface area contributed by atoms with Crippen molar-refractivity contribution >= 4 is 33.3 Å². The smallest absolute Gasteiger partial charge is 0.337 e. The predicted octanol–water partition coefficient (Wildman–Crippen LogP) is 2.36. The van der Waals surface area contributed by atoms with Gasteiger partial charge in [0.05, 0.1) is 22.7 Å². The number of rotatable bonds is 7. The topological polar surface area (TPSA) is 119 Å². The van der Waals surface area contributed by atoms with E-state index in [-0.39, 0.29) is 34.1 Å². The maximum atomic E-state index is 13.1. The van der Waals surface area contributed by atoms with Crippen LogP contribution in [0.4, 0.5) is 15.8 Å². The molecule has 11 heteroatoms. The van der Waals surface area contributed by atoms with Crippen LogP contribution in [0.15, 0.2) is 47.4 Å². The fourth-order valence-electron chi connectivity index (χ4n) is 3.64. The summed E-state index contributed by atoms with van der Waals surface area (Å²) < 4.78 is 40.6. The van der Waals surface area contributed by atoms with Crippen LogP contribution in [0.5, 0.6) is 0 Å². The minimum absolute atomic E-state index is 0.0492. The Morgan fingerprint density at radius 1 is 1.03 bits per heavy atom. The van der Waals surface area contributed by atoms with Gasteiger partial charge < -0.3 is 15.3 Å². The summed E-state index contributed by atoms with van der Waals surface area (Å²) in [7, 11) is -4.09. The Labute approximate surface area is 198 Å². The second-order valence-electron chi connectivity index (χ2n) is 9.16. The Balaban J connectivity index is 1.70. The molecular formula is C23H29FN4O5S. The van der Waals surface area contributed by atoms with Crippen LogP contribution in [0.1, 0.15) is 31.1 Å². The molecule has 0 radical (unpaired) electrons.